The summed E-state index contributed by atoms with van der Waals surface area (Å²) in [6.07, 6.45) is 2.30. The highest BCUT2D eigenvalue weighted by atomic mass is 19.1. The van der Waals surface area contributed by atoms with Crippen molar-refractivity contribution in [3.8, 4) is 5.75 Å². The molecular weight excluding hydrogens is 181 g/mol. The van der Waals surface area contributed by atoms with Crippen LogP contribution in [0.1, 0.15) is 31.4 Å². The van der Waals surface area contributed by atoms with Crippen LogP contribution in [0, 0.1) is 5.82 Å². The lowest BCUT2D eigenvalue weighted by Gasteiger charge is -2.09. The zero-order valence-electron chi connectivity index (χ0n) is 8.16. The summed E-state index contributed by atoms with van der Waals surface area (Å²) in [7, 11) is 0. The number of hydrogen-bond donors (Lipinski definition) is 1. The number of rotatable bonds is 3. The van der Waals surface area contributed by atoms with Crippen LogP contribution in [0.4, 0.5) is 4.39 Å². The van der Waals surface area contributed by atoms with Gasteiger partial charge in [-0.3, -0.25) is 0 Å². The molecule has 1 aromatic carbocycles. The van der Waals surface area contributed by atoms with Gasteiger partial charge in [0.2, 0.25) is 0 Å². The summed E-state index contributed by atoms with van der Waals surface area (Å²) in [4.78, 5) is 0. The zero-order valence-corrected chi connectivity index (χ0v) is 8.16. The van der Waals surface area contributed by atoms with E-state index in [1.807, 2.05) is 13.0 Å². The first-order valence-electron chi connectivity index (χ1n) is 4.88. The molecule has 0 bridgehead atoms. The molecule has 2 nitrogen and oxygen atoms in total. The van der Waals surface area contributed by atoms with Crippen LogP contribution in [-0.4, -0.2) is 6.10 Å². The molecule has 2 N–H and O–H groups in total. The maximum absolute atomic E-state index is 13.4. The Morgan fingerprint density at radius 1 is 1.50 bits per heavy atom. The first-order valence-corrected chi connectivity index (χ1v) is 4.88. The molecular formula is C11H14FNO. The molecule has 14 heavy (non-hydrogen) atoms. The highest BCUT2D eigenvalue weighted by Crippen LogP contribution is 2.29. The highest BCUT2D eigenvalue weighted by Gasteiger charge is 2.24. The van der Waals surface area contributed by atoms with Crippen molar-refractivity contribution in [2.24, 2.45) is 5.73 Å². The van der Waals surface area contributed by atoms with Gasteiger partial charge in [-0.25, -0.2) is 4.39 Å². The largest absolute Gasteiger partial charge is 0.487 e. The molecule has 0 amide bonds. The minimum absolute atomic E-state index is 0.139. The molecule has 2 rings (SSSR count). The summed E-state index contributed by atoms with van der Waals surface area (Å²) >= 11 is 0. The summed E-state index contributed by atoms with van der Waals surface area (Å²) in [5.41, 5.74) is 6.44. The van der Waals surface area contributed by atoms with E-state index in [9.17, 15) is 4.39 Å². The van der Waals surface area contributed by atoms with E-state index >= 15 is 0 Å². The Bertz CT molecular complexity index is 334. The van der Waals surface area contributed by atoms with Crippen molar-refractivity contribution < 1.29 is 9.13 Å². The van der Waals surface area contributed by atoms with Gasteiger partial charge in [-0.1, -0.05) is 6.07 Å². The van der Waals surface area contributed by atoms with Crippen molar-refractivity contribution in [1.82, 2.24) is 0 Å². The molecule has 0 radical (unpaired) electrons. The minimum atomic E-state index is -0.313. The molecule has 76 valence electrons. The second kappa shape index (κ2) is 3.58. The van der Waals surface area contributed by atoms with Crippen LogP contribution >= 0.6 is 0 Å². The Labute approximate surface area is 82.9 Å². The van der Waals surface area contributed by atoms with Gasteiger partial charge in [0, 0.05) is 6.04 Å². The average molecular weight is 195 g/mol. The predicted molar refractivity (Wildman–Crippen MR) is 52.7 cm³/mol. The first-order chi connectivity index (χ1) is 6.66. The molecule has 1 aliphatic carbocycles. The second-order valence-corrected chi connectivity index (χ2v) is 3.80. The molecule has 0 spiro atoms. The smallest absolute Gasteiger partial charge is 0.165 e. The van der Waals surface area contributed by atoms with Crippen LogP contribution in [0.3, 0.4) is 0 Å². The van der Waals surface area contributed by atoms with Crippen LogP contribution in [-0.2, 0) is 0 Å². The van der Waals surface area contributed by atoms with Crippen molar-refractivity contribution in [3.05, 3.63) is 29.6 Å². The van der Waals surface area contributed by atoms with E-state index in [1.165, 1.54) is 6.07 Å². The molecule has 0 heterocycles. The summed E-state index contributed by atoms with van der Waals surface area (Å²) in [5, 5.41) is 0. The van der Waals surface area contributed by atoms with Crippen molar-refractivity contribution in [3.63, 3.8) is 0 Å². The van der Waals surface area contributed by atoms with Crippen LogP contribution < -0.4 is 10.5 Å². The zero-order chi connectivity index (χ0) is 10.1. The molecule has 1 saturated carbocycles. The van der Waals surface area contributed by atoms with Crippen LogP contribution in [0.15, 0.2) is 18.2 Å². The van der Waals surface area contributed by atoms with Crippen molar-refractivity contribution >= 4 is 0 Å². The fourth-order valence-electron chi connectivity index (χ4n) is 1.26. The third-order valence-electron chi connectivity index (χ3n) is 2.30. The SMILES string of the molecule is CC(N)c1ccc(OC2CC2)c(F)c1. The standard InChI is InChI=1S/C11H14FNO/c1-7(13)8-2-5-11(10(12)6-8)14-9-3-4-9/h2,5-7,9H,3-4,13H2,1H3. The van der Waals surface area contributed by atoms with Crippen molar-refractivity contribution in [1.29, 1.82) is 0 Å². The van der Waals surface area contributed by atoms with Crippen molar-refractivity contribution in [2.45, 2.75) is 31.9 Å². The average Bonchev–Trinajstić information content (AvgIpc) is 2.92. The molecule has 0 saturated heterocycles. The molecule has 1 fully saturated rings. The lowest BCUT2D eigenvalue weighted by molar-refractivity contribution is 0.287. The van der Waals surface area contributed by atoms with E-state index in [-0.39, 0.29) is 18.0 Å². The number of ether oxygens (including phenoxy) is 1. The van der Waals surface area contributed by atoms with Gasteiger partial charge >= 0.3 is 0 Å². The van der Waals surface area contributed by atoms with Crippen LogP contribution in [0.2, 0.25) is 0 Å². The lowest BCUT2D eigenvalue weighted by atomic mass is 10.1. The minimum Gasteiger partial charge on any atom is -0.487 e. The molecule has 1 aromatic rings. The molecule has 0 aliphatic heterocycles. The number of hydrogen-bond acceptors (Lipinski definition) is 2. The van der Waals surface area contributed by atoms with E-state index in [2.05, 4.69) is 0 Å². The highest BCUT2D eigenvalue weighted by molar-refractivity contribution is 5.31. The second-order valence-electron chi connectivity index (χ2n) is 3.80. The molecule has 1 unspecified atom stereocenters. The van der Waals surface area contributed by atoms with Gasteiger partial charge in [0.25, 0.3) is 0 Å². The maximum atomic E-state index is 13.4. The van der Waals surface area contributed by atoms with Gasteiger partial charge in [0.05, 0.1) is 6.10 Å². The summed E-state index contributed by atoms with van der Waals surface area (Å²) in [6.45, 7) is 1.83. The Morgan fingerprint density at radius 3 is 2.71 bits per heavy atom. The van der Waals surface area contributed by atoms with Crippen molar-refractivity contribution in [2.75, 3.05) is 0 Å². The Kier molecular flexibility index (Phi) is 2.42. The summed E-state index contributed by atoms with van der Waals surface area (Å²) in [5.74, 6) is 0.0311. The van der Waals surface area contributed by atoms with E-state index < -0.39 is 0 Å². The van der Waals surface area contributed by atoms with E-state index in [1.54, 1.807) is 6.07 Å². The normalized spacial score (nSPS) is 17.9. The lowest BCUT2D eigenvalue weighted by Crippen LogP contribution is -2.06. The van der Waals surface area contributed by atoms with Gasteiger partial charge in [-0.15, -0.1) is 0 Å². The Hall–Kier alpha value is -1.09. The number of halogens is 1. The van der Waals surface area contributed by atoms with E-state index in [0.29, 0.717) is 5.75 Å². The van der Waals surface area contributed by atoms with Gasteiger partial charge in [0.15, 0.2) is 11.6 Å². The maximum Gasteiger partial charge on any atom is 0.165 e. The molecule has 1 aliphatic rings. The molecule has 0 aromatic heterocycles. The third kappa shape index (κ3) is 2.04. The number of nitrogens with two attached hydrogens (primary N) is 1. The number of benzene rings is 1. The van der Waals surface area contributed by atoms with Gasteiger partial charge in [0.1, 0.15) is 0 Å². The van der Waals surface area contributed by atoms with E-state index in [0.717, 1.165) is 18.4 Å². The molecule has 3 heteroatoms. The van der Waals surface area contributed by atoms with Crippen LogP contribution in [0.5, 0.6) is 5.75 Å². The van der Waals surface area contributed by atoms with Gasteiger partial charge in [-0.2, -0.15) is 0 Å². The predicted octanol–water partition coefficient (Wildman–Crippen LogP) is 2.39. The topological polar surface area (TPSA) is 35.2 Å². The van der Waals surface area contributed by atoms with Gasteiger partial charge < -0.3 is 10.5 Å². The fraction of sp³-hybridized carbons (Fsp3) is 0.455. The van der Waals surface area contributed by atoms with E-state index in [4.69, 9.17) is 10.5 Å². The van der Waals surface area contributed by atoms with Gasteiger partial charge in [-0.05, 0) is 37.5 Å². The monoisotopic (exact) mass is 195 g/mol. The Morgan fingerprint density at radius 2 is 2.21 bits per heavy atom. The third-order valence-corrected chi connectivity index (χ3v) is 2.30. The molecule has 1 atom stereocenters. The van der Waals surface area contributed by atoms with Crippen LogP contribution in [0.25, 0.3) is 0 Å². The summed E-state index contributed by atoms with van der Waals surface area (Å²) < 4.78 is 18.8. The Balaban J connectivity index is 2.17. The fourth-order valence-corrected chi connectivity index (χ4v) is 1.26. The summed E-state index contributed by atoms with van der Waals surface area (Å²) in [6, 6.07) is 4.78. The quantitative estimate of drug-likeness (QED) is 0.803. The first kappa shape index (κ1) is 9.46.